The van der Waals surface area contributed by atoms with Gasteiger partial charge in [0.05, 0.1) is 5.56 Å². The van der Waals surface area contributed by atoms with Gasteiger partial charge in [0.2, 0.25) is 5.88 Å². The Morgan fingerprint density at radius 3 is 2.65 bits per heavy atom. The van der Waals surface area contributed by atoms with Crippen LogP contribution in [0.2, 0.25) is 0 Å². The van der Waals surface area contributed by atoms with Crippen LogP contribution in [0.5, 0.6) is 5.88 Å². The Labute approximate surface area is 128 Å². The van der Waals surface area contributed by atoms with Crippen molar-refractivity contribution < 1.29 is 32.0 Å². The summed E-state index contributed by atoms with van der Waals surface area (Å²) in [7, 11) is 0. The number of halogens is 3. The summed E-state index contributed by atoms with van der Waals surface area (Å²) >= 11 is 0. The molecule has 0 saturated carbocycles. The van der Waals surface area contributed by atoms with Crippen LogP contribution in [0, 0.1) is 6.92 Å². The first kappa shape index (κ1) is 16.7. The van der Waals surface area contributed by atoms with Crippen molar-refractivity contribution in [1.82, 2.24) is 15.1 Å². The maximum Gasteiger partial charge on any atom is 0.422 e. The highest BCUT2D eigenvalue weighted by molar-refractivity contribution is 5.89. The van der Waals surface area contributed by atoms with Crippen LogP contribution in [0.15, 0.2) is 22.9 Å². The maximum atomic E-state index is 12.0. The van der Waals surface area contributed by atoms with Crippen molar-refractivity contribution in [3.8, 4) is 5.88 Å². The van der Waals surface area contributed by atoms with E-state index in [0.29, 0.717) is 5.82 Å². The molecule has 0 N–H and O–H groups in total. The third-order valence-electron chi connectivity index (χ3n) is 2.53. The molecule has 2 aromatic heterocycles. The molecule has 10 heteroatoms. The molecule has 0 aliphatic rings. The number of hydrogen-bond donors (Lipinski definition) is 0. The number of aromatic nitrogens is 3. The summed E-state index contributed by atoms with van der Waals surface area (Å²) in [6.45, 7) is 1.70. The number of carbonyl (C=O) groups excluding carboxylic acids is 1. The molecule has 0 fully saturated rings. The van der Waals surface area contributed by atoms with Crippen molar-refractivity contribution in [2.24, 2.45) is 0 Å². The van der Waals surface area contributed by atoms with E-state index in [0.717, 1.165) is 12.3 Å². The van der Waals surface area contributed by atoms with Gasteiger partial charge in [0.15, 0.2) is 18.5 Å². The highest BCUT2D eigenvalue weighted by Gasteiger charge is 2.28. The number of esters is 1. The lowest BCUT2D eigenvalue weighted by molar-refractivity contribution is -0.154. The molecule has 2 aromatic rings. The number of carbonyl (C=O) groups is 1. The van der Waals surface area contributed by atoms with Gasteiger partial charge < -0.3 is 14.0 Å². The number of nitrogens with zero attached hydrogens (tertiary/aromatic N) is 3. The van der Waals surface area contributed by atoms with E-state index in [1.54, 1.807) is 13.8 Å². The van der Waals surface area contributed by atoms with Crippen LogP contribution in [0.25, 0.3) is 0 Å². The topological polar surface area (TPSA) is 87.3 Å². The maximum absolute atomic E-state index is 12.0. The van der Waals surface area contributed by atoms with E-state index in [1.165, 1.54) is 6.07 Å². The van der Waals surface area contributed by atoms with Gasteiger partial charge in [-0.2, -0.15) is 18.2 Å². The average molecular weight is 331 g/mol. The van der Waals surface area contributed by atoms with Crippen molar-refractivity contribution in [3.05, 3.63) is 35.6 Å². The summed E-state index contributed by atoms with van der Waals surface area (Å²) in [4.78, 5) is 19.4. The minimum Gasteiger partial charge on any atom is -0.468 e. The van der Waals surface area contributed by atoms with E-state index >= 15 is 0 Å². The molecule has 0 aliphatic heterocycles. The van der Waals surface area contributed by atoms with Crippen molar-refractivity contribution in [2.75, 3.05) is 6.61 Å². The predicted molar refractivity (Wildman–Crippen MR) is 68.7 cm³/mol. The Kier molecular flexibility index (Phi) is 4.82. The van der Waals surface area contributed by atoms with Crippen LogP contribution >= 0.6 is 0 Å². The fourth-order valence-electron chi connectivity index (χ4n) is 1.50. The lowest BCUT2D eigenvalue weighted by Gasteiger charge is -2.10. The summed E-state index contributed by atoms with van der Waals surface area (Å²) in [5.74, 6) is -0.452. The first-order chi connectivity index (χ1) is 10.7. The molecule has 2 heterocycles. The number of rotatable bonds is 5. The van der Waals surface area contributed by atoms with Crippen LogP contribution in [0.4, 0.5) is 13.2 Å². The second-order valence-corrected chi connectivity index (χ2v) is 4.52. The average Bonchev–Trinajstić information content (AvgIpc) is 2.91. The van der Waals surface area contributed by atoms with Gasteiger partial charge in [-0.1, -0.05) is 5.16 Å². The molecule has 124 valence electrons. The Balaban J connectivity index is 1.94. The Morgan fingerprint density at radius 2 is 2.13 bits per heavy atom. The number of alkyl halides is 3. The van der Waals surface area contributed by atoms with Gasteiger partial charge in [-0.3, -0.25) is 0 Å². The minimum atomic E-state index is -4.46. The van der Waals surface area contributed by atoms with Gasteiger partial charge in [-0.15, -0.1) is 0 Å². The molecule has 0 amide bonds. The SMILES string of the molecule is Cc1noc(C(C)OC(=O)c2ccc(OCC(F)(F)F)nc2)n1. The zero-order valence-electron chi connectivity index (χ0n) is 12.1. The third kappa shape index (κ3) is 4.94. The summed E-state index contributed by atoms with van der Waals surface area (Å²) in [6.07, 6.45) is -4.18. The van der Waals surface area contributed by atoms with Crippen molar-refractivity contribution in [1.29, 1.82) is 0 Å². The Hall–Kier alpha value is -2.65. The highest BCUT2D eigenvalue weighted by Crippen LogP contribution is 2.19. The highest BCUT2D eigenvalue weighted by atomic mass is 19.4. The molecule has 0 radical (unpaired) electrons. The van der Waals surface area contributed by atoms with Crippen LogP contribution in [0.1, 0.15) is 35.1 Å². The number of hydrogen-bond acceptors (Lipinski definition) is 7. The predicted octanol–water partition coefficient (Wildman–Crippen LogP) is 2.63. The molecule has 7 nitrogen and oxygen atoms in total. The Morgan fingerprint density at radius 1 is 1.39 bits per heavy atom. The lowest BCUT2D eigenvalue weighted by atomic mass is 10.3. The smallest absolute Gasteiger partial charge is 0.422 e. The van der Waals surface area contributed by atoms with Crippen LogP contribution in [-0.4, -0.2) is 33.9 Å². The van der Waals surface area contributed by atoms with E-state index in [1.807, 2.05) is 0 Å². The molecule has 1 unspecified atom stereocenters. The van der Waals surface area contributed by atoms with E-state index in [4.69, 9.17) is 9.26 Å². The monoisotopic (exact) mass is 331 g/mol. The van der Waals surface area contributed by atoms with Gasteiger partial charge in [-0.25, -0.2) is 9.78 Å². The summed E-state index contributed by atoms with van der Waals surface area (Å²) in [5, 5.41) is 3.57. The number of pyridine rings is 1. The van der Waals surface area contributed by atoms with Crippen molar-refractivity contribution in [3.63, 3.8) is 0 Å². The summed E-state index contributed by atoms with van der Waals surface area (Å²) < 4.78 is 50.4. The lowest BCUT2D eigenvalue weighted by Crippen LogP contribution is -2.19. The van der Waals surface area contributed by atoms with Crippen molar-refractivity contribution in [2.45, 2.75) is 26.1 Å². The molecule has 23 heavy (non-hydrogen) atoms. The van der Waals surface area contributed by atoms with E-state index in [2.05, 4.69) is 19.9 Å². The normalized spacial score (nSPS) is 12.7. The zero-order chi connectivity index (χ0) is 17.0. The third-order valence-corrected chi connectivity index (χ3v) is 2.53. The van der Waals surface area contributed by atoms with E-state index < -0.39 is 24.9 Å². The van der Waals surface area contributed by atoms with E-state index in [9.17, 15) is 18.0 Å². The quantitative estimate of drug-likeness (QED) is 0.778. The molecular weight excluding hydrogens is 319 g/mol. The summed E-state index contributed by atoms with van der Waals surface area (Å²) in [6, 6.07) is 2.39. The molecule has 2 rings (SSSR count). The number of ether oxygens (including phenoxy) is 2. The van der Waals surface area contributed by atoms with Gasteiger partial charge >= 0.3 is 12.1 Å². The molecule has 0 aromatic carbocycles. The molecular formula is C13H12F3N3O4. The summed E-state index contributed by atoms with van der Waals surface area (Å²) in [5.41, 5.74) is 0.0486. The van der Waals surface area contributed by atoms with Crippen molar-refractivity contribution >= 4 is 5.97 Å². The van der Waals surface area contributed by atoms with Gasteiger partial charge in [0, 0.05) is 12.3 Å². The second-order valence-electron chi connectivity index (χ2n) is 4.52. The largest absolute Gasteiger partial charge is 0.468 e. The van der Waals surface area contributed by atoms with Crippen LogP contribution in [0.3, 0.4) is 0 Å². The first-order valence-electron chi connectivity index (χ1n) is 6.41. The molecule has 1 atom stereocenters. The minimum absolute atomic E-state index is 0.0486. The fourth-order valence-corrected chi connectivity index (χ4v) is 1.50. The second kappa shape index (κ2) is 6.63. The molecule has 0 bridgehead atoms. The molecule has 0 saturated heterocycles. The Bertz CT molecular complexity index is 670. The fraction of sp³-hybridized carbons (Fsp3) is 0.385. The van der Waals surface area contributed by atoms with Crippen LogP contribution in [-0.2, 0) is 4.74 Å². The standard InChI is InChI=1S/C13H12F3N3O4/c1-7(11-18-8(2)19-23-11)22-12(20)9-3-4-10(17-5-9)21-6-13(14,15)16/h3-5,7H,6H2,1-2H3. The molecule has 0 spiro atoms. The van der Waals surface area contributed by atoms with Gasteiger partial charge in [0.25, 0.3) is 5.89 Å². The molecule has 0 aliphatic carbocycles. The van der Waals surface area contributed by atoms with Gasteiger partial charge in [0.1, 0.15) is 0 Å². The first-order valence-corrected chi connectivity index (χ1v) is 6.41. The zero-order valence-corrected chi connectivity index (χ0v) is 12.1. The van der Waals surface area contributed by atoms with Crippen LogP contribution < -0.4 is 4.74 Å². The van der Waals surface area contributed by atoms with E-state index in [-0.39, 0.29) is 17.3 Å². The van der Waals surface area contributed by atoms with Gasteiger partial charge in [-0.05, 0) is 19.9 Å². The number of aryl methyl sites for hydroxylation is 1.